The molecule has 20 heavy (non-hydrogen) atoms. The van der Waals surface area contributed by atoms with Crippen molar-refractivity contribution in [1.82, 2.24) is 0 Å². The molecule has 0 spiro atoms. The molecule has 0 aliphatic heterocycles. The SMILES string of the molecule is O=C(O)/C=C/c1cc(C(F)(F)F)cc(C(F)(F)F)c1Br. The van der Waals surface area contributed by atoms with Crippen molar-refractivity contribution in [2.45, 2.75) is 12.4 Å². The Balaban J connectivity index is 3.55. The predicted octanol–water partition coefficient (Wildman–Crippen LogP) is 4.58. The maximum absolute atomic E-state index is 12.7. The quantitative estimate of drug-likeness (QED) is 0.617. The van der Waals surface area contributed by atoms with Gasteiger partial charge >= 0.3 is 18.3 Å². The van der Waals surface area contributed by atoms with Crippen LogP contribution in [0, 0.1) is 0 Å². The first-order valence-electron chi connectivity index (χ1n) is 4.82. The lowest BCUT2D eigenvalue weighted by Gasteiger charge is -2.15. The number of carbonyl (C=O) groups is 1. The Morgan fingerprint density at radius 3 is 2.05 bits per heavy atom. The van der Waals surface area contributed by atoms with Crippen LogP contribution in [-0.2, 0) is 17.1 Å². The summed E-state index contributed by atoms with van der Waals surface area (Å²) in [6, 6.07) is 0.390. The van der Waals surface area contributed by atoms with E-state index in [9.17, 15) is 31.1 Å². The monoisotopic (exact) mass is 362 g/mol. The van der Waals surface area contributed by atoms with E-state index in [2.05, 4.69) is 15.9 Å². The molecule has 1 aromatic rings. The van der Waals surface area contributed by atoms with E-state index in [1.54, 1.807) is 0 Å². The molecule has 0 amide bonds. The average Bonchev–Trinajstić information content (AvgIpc) is 2.24. The highest BCUT2D eigenvalue weighted by atomic mass is 79.9. The van der Waals surface area contributed by atoms with E-state index in [1.807, 2.05) is 0 Å². The predicted molar refractivity (Wildman–Crippen MR) is 60.8 cm³/mol. The fourth-order valence-corrected chi connectivity index (χ4v) is 1.89. The van der Waals surface area contributed by atoms with Crippen LogP contribution in [0.15, 0.2) is 22.7 Å². The van der Waals surface area contributed by atoms with Crippen LogP contribution < -0.4 is 0 Å². The molecule has 0 saturated heterocycles. The van der Waals surface area contributed by atoms with Crippen LogP contribution in [0.2, 0.25) is 0 Å². The van der Waals surface area contributed by atoms with Crippen molar-refractivity contribution in [3.05, 3.63) is 39.4 Å². The third kappa shape index (κ3) is 3.99. The summed E-state index contributed by atoms with van der Waals surface area (Å²) in [6.07, 6.45) is -8.89. The van der Waals surface area contributed by atoms with Gasteiger partial charge in [0.25, 0.3) is 0 Å². The minimum atomic E-state index is -5.01. The summed E-state index contributed by atoms with van der Waals surface area (Å²) in [7, 11) is 0. The first-order valence-corrected chi connectivity index (χ1v) is 5.61. The van der Waals surface area contributed by atoms with Gasteiger partial charge < -0.3 is 5.11 Å². The first-order chi connectivity index (χ1) is 8.93. The summed E-state index contributed by atoms with van der Waals surface area (Å²) in [4.78, 5) is 10.3. The third-order valence-electron chi connectivity index (χ3n) is 2.14. The second kappa shape index (κ2) is 5.47. The lowest BCUT2D eigenvalue weighted by atomic mass is 10.0. The van der Waals surface area contributed by atoms with Gasteiger partial charge in [-0.05, 0) is 39.7 Å². The van der Waals surface area contributed by atoms with Gasteiger partial charge in [0.2, 0.25) is 0 Å². The highest BCUT2D eigenvalue weighted by Gasteiger charge is 2.38. The van der Waals surface area contributed by atoms with Gasteiger partial charge in [0.15, 0.2) is 0 Å². The summed E-state index contributed by atoms with van der Waals surface area (Å²) < 4.78 is 74.9. The molecule has 110 valence electrons. The summed E-state index contributed by atoms with van der Waals surface area (Å²) in [5.41, 5.74) is -3.58. The van der Waals surface area contributed by atoms with Gasteiger partial charge in [-0.3, -0.25) is 0 Å². The zero-order chi connectivity index (χ0) is 15.7. The molecule has 0 aromatic heterocycles. The molecular formula is C11H5BrF6O2. The highest BCUT2D eigenvalue weighted by molar-refractivity contribution is 9.10. The number of halogens is 7. The Kier molecular flexibility index (Phi) is 4.52. The van der Waals surface area contributed by atoms with Gasteiger partial charge in [0, 0.05) is 10.5 Å². The Hall–Kier alpha value is -1.51. The lowest BCUT2D eigenvalue weighted by molar-refractivity contribution is -0.143. The fourth-order valence-electron chi connectivity index (χ4n) is 1.30. The molecule has 0 atom stereocenters. The lowest BCUT2D eigenvalue weighted by Crippen LogP contribution is -2.12. The van der Waals surface area contributed by atoms with Crippen molar-refractivity contribution in [3.63, 3.8) is 0 Å². The topological polar surface area (TPSA) is 37.3 Å². The van der Waals surface area contributed by atoms with Crippen LogP contribution in [0.3, 0.4) is 0 Å². The second-order valence-electron chi connectivity index (χ2n) is 3.59. The molecule has 0 aliphatic rings. The van der Waals surface area contributed by atoms with E-state index in [1.165, 1.54) is 0 Å². The van der Waals surface area contributed by atoms with Gasteiger partial charge in [-0.1, -0.05) is 0 Å². The van der Waals surface area contributed by atoms with Crippen molar-refractivity contribution in [1.29, 1.82) is 0 Å². The summed E-state index contributed by atoms with van der Waals surface area (Å²) in [5, 5.41) is 8.38. The Morgan fingerprint density at radius 2 is 1.65 bits per heavy atom. The highest BCUT2D eigenvalue weighted by Crippen LogP contribution is 2.41. The van der Waals surface area contributed by atoms with Crippen LogP contribution in [0.5, 0.6) is 0 Å². The minimum absolute atomic E-state index is 0.0395. The minimum Gasteiger partial charge on any atom is -0.478 e. The maximum atomic E-state index is 12.7. The standard InChI is InChI=1S/C11H5BrF6O2/c12-9-5(1-2-8(19)20)3-6(10(13,14)15)4-7(9)11(16,17)18/h1-4H,(H,19,20)/b2-1+. The van der Waals surface area contributed by atoms with Gasteiger partial charge in [-0.2, -0.15) is 26.3 Å². The molecule has 0 bridgehead atoms. The molecule has 9 heteroatoms. The van der Waals surface area contributed by atoms with Gasteiger partial charge in [-0.25, -0.2) is 4.79 Å². The number of carboxylic acids is 1. The Labute approximate surface area is 116 Å². The molecule has 1 N–H and O–H groups in total. The number of hydrogen-bond acceptors (Lipinski definition) is 1. The molecule has 0 unspecified atom stereocenters. The summed E-state index contributed by atoms with van der Waals surface area (Å²) in [6.45, 7) is 0. The molecule has 0 fully saturated rings. The summed E-state index contributed by atoms with van der Waals surface area (Å²) >= 11 is 2.54. The van der Waals surface area contributed by atoms with Crippen LogP contribution in [0.1, 0.15) is 16.7 Å². The number of hydrogen-bond donors (Lipinski definition) is 1. The van der Waals surface area contributed by atoms with Gasteiger partial charge in [0.05, 0.1) is 11.1 Å². The van der Waals surface area contributed by atoms with Crippen molar-refractivity contribution < 1.29 is 36.2 Å². The number of rotatable bonds is 2. The molecule has 2 nitrogen and oxygen atoms in total. The van der Waals surface area contributed by atoms with Crippen molar-refractivity contribution in [2.24, 2.45) is 0 Å². The molecular weight excluding hydrogens is 358 g/mol. The Bertz CT molecular complexity index is 559. The number of carboxylic acid groups (broad SMARTS) is 1. The van der Waals surface area contributed by atoms with E-state index in [0.717, 1.165) is 0 Å². The van der Waals surface area contributed by atoms with Crippen molar-refractivity contribution in [2.75, 3.05) is 0 Å². The second-order valence-corrected chi connectivity index (χ2v) is 4.39. The van der Waals surface area contributed by atoms with Crippen LogP contribution in [0.25, 0.3) is 6.08 Å². The van der Waals surface area contributed by atoms with Gasteiger partial charge in [0.1, 0.15) is 0 Å². The van der Waals surface area contributed by atoms with Crippen LogP contribution >= 0.6 is 15.9 Å². The van der Waals surface area contributed by atoms with Gasteiger partial charge in [-0.15, -0.1) is 0 Å². The summed E-state index contributed by atoms with van der Waals surface area (Å²) in [5.74, 6) is -1.50. The molecule has 1 rings (SSSR count). The largest absolute Gasteiger partial charge is 0.478 e. The van der Waals surface area contributed by atoms with E-state index in [0.29, 0.717) is 18.2 Å². The maximum Gasteiger partial charge on any atom is 0.417 e. The molecule has 0 heterocycles. The Morgan fingerprint density at radius 1 is 1.10 bits per heavy atom. The fraction of sp³-hybridized carbons (Fsp3) is 0.182. The van der Waals surface area contributed by atoms with Crippen molar-refractivity contribution in [3.8, 4) is 0 Å². The molecule has 0 radical (unpaired) electrons. The van der Waals surface area contributed by atoms with E-state index in [4.69, 9.17) is 5.11 Å². The number of alkyl halides is 6. The number of benzene rings is 1. The first kappa shape index (κ1) is 16.5. The third-order valence-corrected chi connectivity index (χ3v) is 3.02. The number of aliphatic carboxylic acids is 1. The van der Waals surface area contributed by atoms with Crippen molar-refractivity contribution >= 4 is 28.0 Å². The zero-order valence-electron chi connectivity index (χ0n) is 9.31. The van der Waals surface area contributed by atoms with E-state index >= 15 is 0 Å². The molecule has 0 aliphatic carbocycles. The molecule has 0 saturated carbocycles. The van der Waals surface area contributed by atoms with Crippen LogP contribution in [-0.4, -0.2) is 11.1 Å². The van der Waals surface area contributed by atoms with E-state index in [-0.39, 0.29) is 6.07 Å². The average molecular weight is 363 g/mol. The normalized spacial score (nSPS) is 12.9. The molecule has 1 aromatic carbocycles. The smallest absolute Gasteiger partial charge is 0.417 e. The van der Waals surface area contributed by atoms with Crippen LogP contribution in [0.4, 0.5) is 26.3 Å². The van der Waals surface area contributed by atoms with E-state index < -0.39 is 39.5 Å². The zero-order valence-corrected chi connectivity index (χ0v) is 10.9.